The molecule has 28 heavy (non-hydrogen) atoms. The second-order valence-corrected chi connectivity index (χ2v) is 7.40. The molecule has 0 bridgehead atoms. The molecule has 2 aromatic heterocycles. The molecule has 1 atom stereocenters. The molecule has 3 aromatic rings. The molecule has 0 radical (unpaired) electrons. The molecule has 1 fully saturated rings. The van der Waals surface area contributed by atoms with Gasteiger partial charge in [-0.15, -0.1) is 11.3 Å². The van der Waals surface area contributed by atoms with E-state index in [1.54, 1.807) is 0 Å². The van der Waals surface area contributed by atoms with E-state index in [9.17, 15) is 18.0 Å². The molecule has 0 N–H and O–H groups in total. The van der Waals surface area contributed by atoms with Gasteiger partial charge in [0.05, 0.1) is 23.4 Å². The topological polar surface area (TPSA) is 51.7 Å². The quantitative estimate of drug-likeness (QED) is 0.487. The smallest absolute Gasteiger partial charge is 0.350 e. The number of ether oxygens (including phenoxy) is 2. The largest absolute Gasteiger partial charge is 0.440 e. The fraction of sp³-hybridized carbons (Fsp3) is 0.263. The zero-order valence-corrected chi connectivity index (χ0v) is 15.6. The number of hydrogen-bond acceptors (Lipinski definition) is 6. The average molecular weight is 408 g/mol. The van der Waals surface area contributed by atoms with Crippen LogP contribution in [0.25, 0.3) is 21.3 Å². The van der Waals surface area contributed by atoms with Crippen molar-refractivity contribution in [2.75, 3.05) is 26.8 Å². The molecule has 4 rings (SSSR count). The summed E-state index contributed by atoms with van der Waals surface area (Å²) < 4.78 is 52.7. The molecule has 0 amide bonds. The number of rotatable bonds is 3. The van der Waals surface area contributed by atoms with Crippen LogP contribution in [-0.4, -0.2) is 48.9 Å². The Labute approximate surface area is 162 Å². The number of esters is 1. The first-order valence-electron chi connectivity index (χ1n) is 8.46. The van der Waals surface area contributed by atoms with E-state index in [0.29, 0.717) is 29.4 Å². The van der Waals surface area contributed by atoms with Gasteiger partial charge in [0.2, 0.25) is 0 Å². The third-order valence-corrected chi connectivity index (χ3v) is 5.62. The second kappa shape index (κ2) is 7.50. The number of nitrogens with zero attached hydrogens (tertiary/aromatic N) is 2. The van der Waals surface area contributed by atoms with E-state index in [1.807, 2.05) is 11.9 Å². The summed E-state index contributed by atoms with van der Waals surface area (Å²) in [5.41, 5.74) is 0.432. The molecule has 1 aromatic carbocycles. The second-order valence-electron chi connectivity index (χ2n) is 6.35. The molecule has 1 saturated heterocycles. The van der Waals surface area contributed by atoms with E-state index in [4.69, 9.17) is 9.47 Å². The number of pyridine rings is 1. The van der Waals surface area contributed by atoms with Gasteiger partial charge in [0, 0.05) is 29.9 Å². The monoisotopic (exact) mass is 408 g/mol. The van der Waals surface area contributed by atoms with Gasteiger partial charge in [0.1, 0.15) is 10.7 Å². The summed E-state index contributed by atoms with van der Waals surface area (Å²) in [7, 11) is 1.83. The van der Waals surface area contributed by atoms with E-state index >= 15 is 0 Å². The van der Waals surface area contributed by atoms with Gasteiger partial charge in [-0.2, -0.15) is 0 Å². The maximum atomic E-state index is 14.2. The highest BCUT2D eigenvalue weighted by Crippen LogP contribution is 2.36. The van der Waals surface area contributed by atoms with Crippen molar-refractivity contribution in [3.05, 3.63) is 52.8 Å². The van der Waals surface area contributed by atoms with Crippen LogP contribution in [0, 0.1) is 17.5 Å². The Morgan fingerprint density at radius 2 is 2.11 bits per heavy atom. The van der Waals surface area contributed by atoms with Gasteiger partial charge >= 0.3 is 5.97 Å². The van der Waals surface area contributed by atoms with E-state index in [1.165, 1.54) is 18.3 Å². The lowest BCUT2D eigenvalue weighted by atomic mass is 10.1. The molecule has 1 unspecified atom stereocenters. The number of fused-ring (bicyclic) bond motifs is 1. The molecule has 0 spiro atoms. The van der Waals surface area contributed by atoms with Gasteiger partial charge in [-0.3, -0.25) is 9.88 Å². The van der Waals surface area contributed by atoms with Crippen molar-refractivity contribution in [1.82, 2.24) is 9.88 Å². The zero-order valence-electron chi connectivity index (χ0n) is 14.7. The number of carbonyl (C=O) groups excluding carboxylic acids is 1. The van der Waals surface area contributed by atoms with Gasteiger partial charge < -0.3 is 9.47 Å². The first kappa shape index (κ1) is 18.9. The molecule has 0 aliphatic carbocycles. The van der Waals surface area contributed by atoms with E-state index in [-0.39, 0.29) is 22.6 Å². The van der Waals surface area contributed by atoms with Crippen LogP contribution in [0.1, 0.15) is 9.67 Å². The van der Waals surface area contributed by atoms with Gasteiger partial charge in [-0.25, -0.2) is 18.0 Å². The Bertz CT molecular complexity index is 1060. The Balaban J connectivity index is 1.71. The minimum absolute atomic E-state index is 0.230. The minimum Gasteiger partial charge on any atom is -0.440 e. The SMILES string of the molecule is CN1CCOCC1OC(=O)c1cc2nccc(-c3cc(F)cc(F)c3F)c2s1. The summed E-state index contributed by atoms with van der Waals surface area (Å²) in [5, 5.41) is 0. The highest BCUT2D eigenvalue weighted by Gasteiger charge is 2.25. The summed E-state index contributed by atoms with van der Waals surface area (Å²) in [5.74, 6) is -3.90. The van der Waals surface area contributed by atoms with Crippen molar-refractivity contribution < 1.29 is 27.4 Å². The summed E-state index contributed by atoms with van der Waals surface area (Å²) in [6.07, 6.45) is 0.887. The van der Waals surface area contributed by atoms with Gasteiger partial charge in [-0.05, 0) is 25.2 Å². The van der Waals surface area contributed by atoms with Crippen molar-refractivity contribution >= 4 is 27.5 Å². The number of thiophene rings is 1. The predicted octanol–water partition coefficient (Wildman–Crippen LogP) is 3.83. The predicted molar refractivity (Wildman–Crippen MR) is 97.6 cm³/mol. The zero-order chi connectivity index (χ0) is 19.8. The lowest BCUT2D eigenvalue weighted by Gasteiger charge is -2.31. The van der Waals surface area contributed by atoms with Crippen LogP contribution in [-0.2, 0) is 9.47 Å². The Hall–Kier alpha value is -2.49. The van der Waals surface area contributed by atoms with Crippen LogP contribution in [0.2, 0.25) is 0 Å². The first-order valence-corrected chi connectivity index (χ1v) is 9.28. The number of aromatic nitrogens is 1. The average Bonchev–Trinajstić information content (AvgIpc) is 3.11. The van der Waals surface area contributed by atoms with Crippen molar-refractivity contribution in [3.8, 4) is 11.1 Å². The lowest BCUT2D eigenvalue weighted by molar-refractivity contribution is -0.103. The molecular weight excluding hydrogens is 393 g/mol. The standard InChI is InChI=1S/C19H15F3N2O3S/c1-24-4-5-26-9-16(24)27-19(25)15-8-14-18(28-15)11(2-3-23-14)12-6-10(20)7-13(21)17(12)22/h2-3,6-8,16H,4-5,9H2,1H3. The summed E-state index contributed by atoms with van der Waals surface area (Å²) >= 11 is 1.03. The van der Waals surface area contributed by atoms with Crippen LogP contribution >= 0.6 is 11.3 Å². The number of likely N-dealkylation sites (N-methyl/N-ethyl adjacent to an activating group) is 1. The van der Waals surface area contributed by atoms with Crippen LogP contribution in [0.3, 0.4) is 0 Å². The van der Waals surface area contributed by atoms with E-state index in [0.717, 1.165) is 17.4 Å². The number of benzene rings is 1. The van der Waals surface area contributed by atoms with Gasteiger partial charge in [-0.1, -0.05) is 0 Å². The Morgan fingerprint density at radius 1 is 1.29 bits per heavy atom. The number of carbonyl (C=O) groups is 1. The molecule has 9 heteroatoms. The van der Waals surface area contributed by atoms with Crippen LogP contribution in [0.15, 0.2) is 30.5 Å². The van der Waals surface area contributed by atoms with Crippen LogP contribution in [0.5, 0.6) is 0 Å². The van der Waals surface area contributed by atoms with Crippen molar-refractivity contribution in [2.24, 2.45) is 0 Å². The summed E-state index contributed by atoms with van der Waals surface area (Å²) in [4.78, 5) is 18.8. The van der Waals surface area contributed by atoms with E-state index in [2.05, 4.69) is 4.98 Å². The molecule has 1 aliphatic heterocycles. The van der Waals surface area contributed by atoms with Gasteiger partial charge in [0.25, 0.3) is 0 Å². The minimum atomic E-state index is -1.28. The third-order valence-electron chi connectivity index (χ3n) is 4.48. The van der Waals surface area contributed by atoms with Crippen LogP contribution < -0.4 is 0 Å². The van der Waals surface area contributed by atoms with Gasteiger partial charge in [0.15, 0.2) is 17.9 Å². The normalized spacial score (nSPS) is 17.8. The maximum absolute atomic E-state index is 14.2. The molecule has 0 saturated carbocycles. The van der Waals surface area contributed by atoms with Crippen LogP contribution in [0.4, 0.5) is 13.2 Å². The van der Waals surface area contributed by atoms with Crippen molar-refractivity contribution in [2.45, 2.75) is 6.23 Å². The molecular formula is C19H15F3N2O3S. The summed E-state index contributed by atoms with van der Waals surface area (Å²) in [6, 6.07) is 4.37. The Morgan fingerprint density at radius 3 is 2.89 bits per heavy atom. The fourth-order valence-electron chi connectivity index (χ4n) is 2.97. The summed E-state index contributed by atoms with van der Waals surface area (Å²) in [6.45, 7) is 1.47. The number of morpholine rings is 1. The van der Waals surface area contributed by atoms with Crippen molar-refractivity contribution in [1.29, 1.82) is 0 Å². The third kappa shape index (κ3) is 3.48. The lowest BCUT2D eigenvalue weighted by Crippen LogP contribution is -2.45. The fourth-order valence-corrected chi connectivity index (χ4v) is 4.00. The maximum Gasteiger partial charge on any atom is 0.350 e. The highest BCUT2D eigenvalue weighted by atomic mass is 32.1. The number of halogens is 3. The Kier molecular flexibility index (Phi) is 5.05. The van der Waals surface area contributed by atoms with Crippen molar-refractivity contribution in [3.63, 3.8) is 0 Å². The molecule has 146 valence electrons. The highest BCUT2D eigenvalue weighted by molar-refractivity contribution is 7.21. The van der Waals surface area contributed by atoms with E-state index < -0.39 is 29.6 Å². The number of hydrogen-bond donors (Lipinski definition) is 0. The molecule has 1 aliphatic rings. The molecule has 5 nitrogen and oxygen atoms in total. The molecule has 3 heterocycles. The first-order chi connectivity index (χ1) is 13.4.